The van der Waals surface area contributed by atoms with Gasteiger partial charge < -0.3 is 15.0 Å². The lowest BCUT2D eigenvalue weighted by Gasteiger charge is -2.34. The van der Waals surface area contributed by atoms with E-state index in [9.17, 15) is 5.11 Å². The summed E-state index contributed by atoms with van der Waals surface area (Å²) in [5, 5.41) is 13.0. The summed E-state index contributed by atoms with van der Waals surface area (Å²) < 4.78 is 2.32. The van der Waals surface area contributed by atoms with E-state index in [-0.39, 0.29) is 6.61 Å². The maximum atomic E-state index is 9.50. The topological polar surface area (TPSA) is 53.3 Å². The number of rotatable bonds is 7. The minimum atomic E-state index is 0.281. The molecule has 0 amide bonds. The maximum absolute atomic E-state index is 9.50. The minimum Gasteiger partial charge on any atom is -0.395 e. The average Bonchev–Trinajstić information content (AvgIpc) is 2.97. The second-order valence-electron chi connectivity index (χ2n) is 7.03. The average molecular weight is 330 g/mol. The number of aromatic nitrogens is 2. The van der Waals surface area contributed by atoms with Crippen LogP contribution in [-0.4, -0.2) is 51.8 Å². The third-order valence-corrected chi connectivity index (χ3v) is 5.00. The molecule has 24 heavy (non-hydrogen) atoms. The SMILES string of the molecule is CC(C)n1c(CNCCN2CCCCC2CO)nc2ccccc21. The smallest absolute Gasteiger partial charge is 0.124 e. The molecule has 2 heterocycles. The first-order chi connectivity index (χ1) is 11.7. The molecule has 1 aliphatic heterocycles. The van der Waals surface area contributed by atoms with Gasteiger partial charge in [-0.05, 0) is 45.4 Å². The van der Waals surface area contributed by atoms with Gasteiger partial charge in [-0.1, -0.05) is 18.6 Å². The number of aliphatic hydroxyl groups is 1. The molecule has 3 rings (SSSR count). The highest BCUT2D eigenvalue weighted by Gasteiger charge is 2.20. The molecule has 0 aliphatic carbocycles. The number of para-hydroxylation sites is 2. The number of benzene rings is 1. The van der Waals surface area contributed by atoms with E-state index in [1.54, 1.807) is 0 Å². The lowest BCUT2D eigenvalue weighted by molar-refractivity contribution is 0.0909. The van der Waals surface area contributed by atoms with Gasteiger partial charge in [0.15, 0.2) is 0 Å². The first-order valence-corrected chi connectivity index (χ1v) is 9.22. The van der Waals surface area contributed by atoms with Crippen LogP contribution in [0.15, 0.2) is 24.3 Å². The lowest BCUT2D eigenvalue weighted by atomic mass is 10.0. The summed E-state index contributed by atoms with van der Waals surface area (Å²) in [5.41, 5.74) is 2.28. The Bertz CT molecular complexity index is 652. The molecule has 1 aromatic heterocycles. The van der Waals surface area contributed by atoms with Gasteiger partial charge in [0.05, 0.1) is 24.2 Å². The van der Waals surface area contributed by atoms with Crippen LogP contribution in [0, 0.1) is 0 Å². The first-order valence-electron chi connectivity index (χ1n) is 9.22. The highest BCUT2D eigenvalue weighted by Crippen LogP contribution is 2.21. The van der Waals surface area contributed by atoms with E-state index in [1.165, 1.54) is 18.4 Å². The number of nitrogens with zero attached hydrogens (tertiary/aromatic N) is 3. The minimum absolute atomic E-state index is 0.281. The monoisotopic (exact) mass is 330 g/mol. The molecule has 1 unspecified atom stereocenters. The number of piperidine rings is 1. The largest absolute Gasteiger partial charge is 0.395 e. The van der Waals surface area contributed by atoms with Crippen molar-refractivity contribution in [1.29, 1.82) is 0 Å². The number of imidazole rings is 1. The van der Waals surface area contributed by atoms with Crippen molar-refractivity contribution in [2.75, 3.05) is 26.2 Å². The number of hydrogen-bond acceptors (Lipinski definition) is 4. The van der Waals surface area contributed by atoms with Gasteiger partial charge in [-0.15, -0.1) is 0 Å². The maximum Gasteiger partial charge on any atom is 0.124 e. The Hall–Kier alpha value is -1.43. The van der Waals surface area contributed by atoms with E-state index in [0.29, 0.717) is 12.1 Å². The third-order valence-electron chi connectivity index (χ3n) is 5.00. The van der Waals surface area contributed by atoms with E-state index >= 15 is 0 Å². The third kappa shape index (κ3) is 3.79. The molecule has 1 aromatic carbocycles. The zero-order chi connectivity index (χ0) is 16.9. The van der Waals surface area contributed by atoms with Crippen molar-refractivity contribution in [3.63, 3.8) is 0 Å². The fourth-order valence-corrected chi connectivity index (χ4v) is 3.78. The zero-order valence-corrected chi connectivity index (χ0v) is 14.9. The number of fused-ring (bicyclic) bond motifs is 1. The van der Waals surface area contributed by atoms with Crippen molar-refractivity contribution < 1.29 is 5.11 Å². The Morgan fingerprint density at radius 3 is 2.92 bits per heavy atom. The molecule has 1 saturated heterocycles. The van der Waals surface area contributed by atoms with Gasteiger partial charge in [0, 0.05) is 25.2 Å². The van der Waals surface area contributed by atoms with Crippen LogP contribution in [0.4, 0.5) is 0 Å². The summed E-state index contributed by atoms with van der Waals surface area (Å²) >= 11 is 0. The van der Waals surface area contributed by atoms with Gasteiger partial charge in [0.25, 0.3) is 0 Å². The quantitative estimate of drug-likeness (QED) is 0.766. The number of nitrogens with one attached hydrogen (secondary N) is 1. The molecule has 0 saturated carbocycles. The van der Waals surface area contributed by atoms with Gasteiger partial charge >= 0.3 is 0 Å². The van der Waals surface area contributed by atoms with Crippen molar-refractivity contribution in [3.8, 4) is 0 Å². The van der Waals surface area contributed by atoms with Crippen LogP contribution in [0.5, 0.6) is 0 Å². The number of aliphatic hydroxyl groups excluding tert-OH is 1. The Kier molecular flexibility index (Phi) is 5.87. The molecule has 2 aromatic rings. The fraction of sp³-hybridized carbons (Fsp3) is 0.632. The summed E-state index contributed by atoms with van der Waals surface area (Å²) in [6.07, 6.45) is 3.62. The van der Waals surface area contributed by atoms with E-state index in [1.807, 2.05) is 6.07 Å². The summed E-state index contributed by atoms with van der Waals surface area (Å²) in [5.74, 6) is 1.10. The summed E-state index contributed by atoms with van der Waals surface area (Å²) in [6, 6.07) is 9.09. The van der Waals surface area contributed by atoms with Crippen LogP contribution in [-0.2, 0) is 6.54 Å². The van der Waals surface area contributed by atoms with Crippen molar-refractivity contribution in [2.45, 2.75) is 51.7 Å². The Labute approximate surface area is 144 Å². The van der Waals surface area contributed by atoms with Gasteiger partial charge in [-0.2, -0.15) is 0 Å². The molecule has 5 heteroatoms. The molecular formula is C19H30N4O. The van der Waals surface area contributed by atoms with E-state index in [4.69, 9.17) is 4.98 Å². The fourth-order valence-electron chi connectivity index (χ4n) is 3.78. The molecule has 1 fully saturated rings. The van der Waals surface area contributed by atoms with Gasteiger partial charge in [-0.3, -0.25) is 4.90 Å². The molecular weight excluding hydrogens is 300 g/mol. The molecule has 0 radical (unpaired) electrons. The highest BCUT2D eigenvalue weighted by molar-refractivity contribution is 5.76. The number of hydrogen-bond donors (Lipinski definition) is 2. The van der Waals surface area contributed by atoms with Crippen molar-refractivity contribution in [2.24, 2.45) is 0 Å². The predicted molar refractivity (Wildman–Crippen MR) is 98.1 cm³/mol. The standard InChI is InChI=1S/C19H30N4O/c1-15(2)23-18-9-4-3-8-17(18)21-19(23)13-20-10-12-22-11-6-5-7-16(22)14-24/h3-4,8-9,15-16,20,24H,5-7,10-14H2,1-2H3. The zero-order valence-electron chi connectivity index (χ0n) is 14.9. The van der Waals surface area contributed by atoms with E-state index in [2.05, 4.69) is 46.8 Å². The van der Waals surface area contributed by atoms with Crippen LogP contribution >= 0.6 is 0 Å². The first kappa shape index (κ1) is 17.4. The summed E-state index contributed by atoms with van der Waals surface area (Å²) in [7, 11) is 0. The van der Waals surface area contributed by atoms with Crippen molar-refractivity contribution >= 4 is 11.0 Å². The van der Waals surface area contributed by atoms with E-state index < -0.39 is 0 Å². The second kappa shape index (κ2) is 8.10. The molecule has 132 valence electrons. The normalized spacial score (nSPS) is 19.4. The highest BCUT2D eigenvalue weighted by atomic mass is 16.3. The Balaban J connectivity index is 1.58. The van der Waals surface area contributed by atoms with Crippen molar-refractivity contribution in [1.82, 2.24) is 19.8 Å². The second-order valence-corrected chi connectivity index (χ2v) is 7.03. The van der Waals surface area contributed by atoms with Crippen LogP contribution in [0.2, 0.25) is 0 Å². The molecule has 0 bridgehead atoms. The molecule has 5 nitrogen and oxygen atoms in total. The number of likely N-dealkylation sites (tertiary alicyclic amines) is 1. The van der Waals surface area contributed by atoms with Crippen molar-refractivity contribution in [3.05, 3.63) is 30.1 Å². The Morgan fingerprint density at radius 2 is 2.12 bits per heavy atom. The van der Waals surface area contributed by atoms with Crippen LogP contribution < -0.4 is 5.32 Å². The van der Waals surface area contributed by atoms with Gasteiger partial charge in [0.2, 0.25) is 0 Å². The van der Waals surface area contributed by atoms with Crippen LogP contribution in [0.3, 0.4) is 0 Å². The summed E-state index contributed by atoms with van der Waals surface area (Å²) in [4.78, 5) is 7.21. The van der Waals surface area contributed by atoms with Crippen LogP contribution in [0.25, 0.3) is 11.0 Å². The molecule has 1 aliphatic rings. The predicted octanol–water partition coefficient (Wildman–Crippen LogP) is 2.55. The van der Waals surface area contributed by atoms with Crippen LogP contribution in [0.1, 0.15) is 45.0 Å². The summed E-state index contributed by atoms with van der Waals surface area (Å²) in [6.45, 7) is 8.50. The molecule has 1 atom stereocenters. The van der Waals surface area contributed by atoms with Gasteiger partial charge in [0.1, 0.15) is 5.82 Å². The molecule has 0 spiro atoms. The molecule has 2 N–H and O–H groups in total. The van der Waals surface area contributed by atoms with Gasteiger partial charge in [-0.25, -0.2) is 4.98 Å². The Morgan fingerprint density at radius 1 is 1.29 bits per heavy atom. The lowest BCUT2D eigenvalue weighted by Crippen LogP contribution is -2.44. The van der Waals surface area contributed by atoms with E-state index in [0.717, 1.165) is 43.9 Å².